The Morgan fingerprint density at radius 3 is 1.52 bits per heavy atom. The van der Waals surface area contributed by atoms with Gasteiger partial charge in [0.2, 0.25) is 0 Å². The second-order valence-electron chi connectivity index (χ2n) is 5.14. The summed E-state index contributed by atoms with van der Waals surface area (Å²) in [4.78, 5) is 33.4. The van der Waals surface area contributed by atoms with Crippen molar-refractivity contribution in [2.75, 3.05) is 0 Å². The Morgan fingerprint density at radius 2 is 1.14 bits per heavy atom. The maximum Gasteiger partial charge on any atom is 0.465 e. The molecule has 1 aromatic rings. The second-order valence-corrected chi connectivity index (χ2v) is 5.14. The molecule has 0 unspecified atom stereocenters. The largest absolute Gasteiger partial charge is 0.465 e. The summed E-state index contributed by atoms with van der Waals surface area (Å²) in [5.41, 5.74) is -0.848. The summed E-state index contributed by atoms with van der Waals surface area (Å²) in [6, 6.07) is 0.927. The van der Waals surface area contributed by atoms with Crippen molar-refractivity contribution in [3.63, 3.8) is 0 Å². The third-order valence-electron chi connectivity index (χ3n) is 2.97. The second kappa shape index (κ2) is 7.51. The standard InChI is InChI=1S/C14H6F10O5/c1-5(25)7-3-2-6(28-9(26)11(15,16)13(19,20)21)4-8(7)29-10(27)12(17,18)14(22,23)24/h2-4H,1H3. The third kappa shape index (κ3) is 4.95. The van der Waals surface area contributed by atoms with Crippen molar-refractivity contribution in [3.8, 4) is 11.5 Å². The van der Waals surface area contributed by atoms with Gasteiger partial charge < -0.3 is 9.47 Å². The summed E-state index contributed by atoms with van der Waals surface area (Å²) in [6.07, 6.45) is -12.8. The van der Waals surface area contributed by atoms with E-state index in [4.69, 9.17) is 0 Å². The number of carbonyl (C=O) groups excluding carboxylic acids is 3. The maximum absolute atomic E-state index is 12.9. The van der Waals surface area contributed by atoms with Gasteiger partial charge in [0.05, 0.1) is 5.56 Å². The molecule has 0 atom stereocenters. The molecule has 0 heterocycles. The van der Waals surface area contributed by atoms with E-state index in [0.29, 0.717) is 12.1 Å². The molecule has 0 N–H and O–H groups in total. The molecular weight excluding hydrogens is 438 g/mol. The Bertz CT molecular complexity index is 825. The van der Waals surface area contributed by atoms with Gasteiger partial charge in [-0.05, 0) is 19.1 Å². The van der Waals surface area contributed by atoms with Gasteiger partial charge in [-0.1, -0.05) is 0 Å². The van der Waals surface area contributed by atoms with E-state index in [1.807, 2.05) is 0 Å². The summed E-state index contributed by atoms with van der Waals surface area (Å²) in [7, 11) is 0. The number of hydrogen-bond acceptors (Lipinski definition) is 5. The molecule has 1 rings (SSSR count). The van der Waals surface area contributed by atoms with Crippen LogP contribution in [0.4, 0.5) is 43.9 Å². The van der Waals surface area contributed by atoms with Crippen LogP contribution in [0.15, 0.2) is 18.2 Å². The lowest BCUT2D eigenvalue weighted by molar-refractivity contribution is -0.276. The molecule has 15 heteroatoms. The minimum atomic E-state index is -6.40. The van der Waals surface area contributed by atoms with Crippen LogP contribution in [0.2, 0.25) is 0 Å². The van der Waals surface area contributed by atoms with Gasteiger partial charge in [0.15, 0.2) is 5.78 Å². The molecule has 0 aliphatic carbocycles. The van der Waals surface area contributed by atoms with Crippen LogP contribution in [-0.4, -0.2) is 41.9 Å². The molecule has 0 bridgehead atoms. The average molecular weight is 444 g/mol. The number of esters is 2. The van der Waals surface area contributed by atoms with Crippen molar-refractivity contribution in [2.24, 2.45) is 0 Å². The number of ether oxygens (including phenoxy) is 2. The summed E-state index contributed by atoms with van der Waals surface area (Å²) >= 11 is 0. The molecule has 0 aromatic heterocycles. The fraction of sp³-hybridized carbons (Fsp3) is 0.357. The number of hydrogen-bond donors (Lipinski definition) is 0. The van der Waals surface area contributed by atoms with E-state index in [-0.39, 0.29) is 6.07 Å². The van der Waals surface area contributed by atoms with E-state index in [9.17, 15) is 58.3 Å². The smallest absolute Gasteiger partial charge is 0.422 e. The van der Waals surface area contributed by atoms with E-state index in [1.165, 1.54) is 0 Å². The molecule has 0 aliphatic heterocycles. The SMILES string of the molecule is CC(=O)c1ccc(OC(=O)C(F)(F)C(F)(F)F)cc1OC(=O)C(F)(F)C(F)(F)F. The molecule has 0 aliphatic rings. The first-order valence-corrected chi connectivity index (χ1v) is 6.81. The van der Waals surface area contributed by atoms with Crippen molar-refractivity contribution >= 4 is 17.7 Å². The van der Waals surface area contributed by atoms with Gasteiger partial charge in [0.25, 0.3) is 0 Å². The molecule has 29 heavy (non-hydrogen) atoms. The van der Waals surface area contributed by atoms with Crippen LogP contribution in [0.1, 0.15) is 17.3 Å². The van der Waals surface area contributed by atoms with Gasteiger partial charge >= 0.3 is 36.1 Å². The molecule has 0 spiro atoms. The molecule has 162 valence electrons. The molecule has 0 radical (unpaired) electrons. The Morgan fingerprint density at radius 1 is 0.724 bits per heavy atom. The summed E-state index contributed by atoms with van der Waals surface area (Å²) < 4.78 is 132. The van der Waals surface area contributed by atoms with Crippen molar-refractivity contribution in [3.05, 3.63) is 23.8 Å². The summed E-state index contributed by atoms with van der Waals surface area (Å²) in [5.74, 6) is -22.3. The highest BCUT2D eigenvalue weighted by atomic mass is 19.4. The number of Topliss-reactive ketones (excluding diaryl/α,β-unsaturated/α-hetero) is 1. The van der Waals surface area contributed by atoms with Crippen molar-refractivity contribution in [1.29, 1.82) is 0 Å². The zero-order valence-corrected chi connectivity index (χ0v) is 13.6. The lowest BCUT2D eigenvalue weighted by Crippen LogP contribution is -2.46. The fourth-order valence-electron chi connectivity index (χ4n) is 1.51. The Hall–Kier alpha value is -2.87. The third-order valence-corrected chi connectivity index (χ3v) is 2.97. The van der Waals surface area contributed by atoms with Gasteiger partial charge in [-0.25, -0.2) is 9.59 Å². The number of alkyl halides is 10. The van der Waals surface area contributed by atoms with Gasteiger partial charge in [-0.2, -0.15) is 43.9 Å². The highest BCUT2D eigenvalue weighted by Crippen LogP contribution is 2.39. The highest BCUT2D eigenvalue weighted by Gasteiger charge is 2.66. The first-order valence-electron chi connectivity index (χ1n) is 6.81. The Kier molecular flexibility index (Phi) is 6.26. The predicted octanol–water partition coefficient (Wildman–Crippen LogP) is 4.10. The van der Waals surface area contributed by atoms with E-state index >= 15 is 0 Å². The van der Waals surface area contributed by atoms with E-state index in [1.54, 1.807) is 0 Å². The van der Waals surface area contributed by atoms with Crippen LogP contribution < -0.4 is 9.47 Å². The number of benzene rings is 1. The topological polar surface area (TPSA) is 69.7 Å². The molecule has 0 saturated carbocycles. The van der Waals surface area contributed by atoms with Gasteiger partial charge in [0.1, 0.15) is 11.5 Å². The Labute approximate surface area is 153 Å². The van der Waals surface area contributed by atoms with Crippen LogP contribution in [0.25, 0.3) is 0 Å². The van der Waals surface area contributed by atoms with Crippen LogP contribution in [0, 0.1) is 0 Å². The summed E-state index contributed by atoms with van der Waals surface area (Å²) in [5, 5.41) is 0. The predicted molar refractivity (Wildman–Crippen MR) is 69.7 cm³/mol. The van der Waals surface area contributed by atoms with Crippen molar-refractivity contribution < 1.29 is 67.8 Å². The minimum absolute atomic E-state index is 0.0332. The molecular formula is C14H6F10O5. The molecule has 5 nitrogen and oxygen atoms in total. The van der Waals surface area contributed by atoms with Crippen LogP contribution in [0.3, 0.4) is 0 Å². The van der Waals surface area contributed by atoms with Crippen LogP contribution in [0.5, 0.6) is 11.5 Å². The van der Waals surface area contributed by atoms with E-state index in [0.717, 1.165) is 6.92 Å². The first kappa shape index (κ1) is 24.2. The fourth-order valence-corrected chi connectivity index (χ4v) is 1.51. The number of rotatable bonds is 5. The van der Waals surface area contributed by atoms with Crippen molar-refractivity contribution in [2.45, 2.75) is 31.1 Å². The number of halogens is 10. The zero-order chi connectivity index (χ0) is 23.0. The number of ketones is 1. The molecule has 1 aromatic carbocycles. The lowest BCUT2D eigenvalue weighted by Gasteiger charge is -2.19. The normalized spacial score (nSPS) is 13.1. The van der Waals surface area contributed by atoms with E-state index in [2.05, 4.69) is 9.47 Å². The zero-order valence-electron chi connectivity index (χ0n) is 13.6. The van der Waals surface area contributed by atoms with Crippen LogP contribution >= 0.6 is 0 Å². The van der Waals surface area contributed by atoms with Gasteiger partial charge in [-0.15, -0.1) is 0 Å². The van der Waals surface area contributed by atoms with Crippen LogP contribution in [-0.2, 0) is 9.59 Å². The lowest BCUT2D eigenvalue weighted by atomic mass is 10.1. The first-order chi connectivity index (χ1) is 12.8. The quantitative estimate of drug-likeness (QED) is 0.296. The molecule has 0 saturated heterocycles. The van der Waals surface area contributed by atoms with Crippen molar-refractivity contribution in [1.82, 2.24) is 0 Å². The minimum Gasteiger partial charge on any atom is -0.422 e. The number of carbonyl (C=O) groups is 3. The summed E-state index contributed by atoms with van der Waals surface area (Å²) in [6.45, 7) is 0.720. The van der Waals surface area contributed by atoms with E-state index < -0.39 is 59.0 Å². The van der Waals surface area contributed by atoms with Gasteiger partial charge in [-0.3, -0.25) is 4.79 Å². The highest BCUT2D eigenvalue weighted by molar-refractivity contribution is 5.98. The molecule has 0 amide bonds. The average Bonchev–Trinajstić information content (AvgIpc) is 2.52. The monoisotopic (exact) mass is 444 g/mol. The Balaban J connectivity index is 3.28. The maximum atomic E-state index is 12.9. The van der Waals surface area contributed by atoms with Gasteiger partial charge in [0, 0.05) is 6.07 Å². The molecule has 0 fully saturated rings.